The van der Waals surface area contributed by atoms with E-state index in [0.29, 0.717) is 0 Å². The molecule has 0 aliphatic carbocycles. The van der Waals surface area contributed by atoms with Gasteiger partial charge in [0.2, 0.25) is 5.91 Å². The number of likely N-dealkylation sites (tertiary alicyclic amines) is 1. The molecule has 0 aromatic heterocycles. The molecule has 0 unspecified atom stereocenters. The fourth-order valence-corrected chi connectivity index (χ4v) is 3.01. The minimum atomic E-state index is 0.236. The van der Waals surface area contributed by atoms with Gasteiger partial charge in [0, 0.05) is 52.7 Å². The highest BCUT2D eigenvalue weighted by Crippen LogP contribution is 2.21. The van der Waals surface area contributed by atoms with E-state index in [9.17, 15) is 4.79 Å². The molecule has 4 heteroatoms. The van der Waals surface area contributed by atoms with Gasteiger partial charge in [0.1, 0.15) is 0 Å². The Hall–Kier alpha value is -0.610. The molecule has 0 bridgehead atoms. The molecule has 0 atom stereocenters. The molecule has 4 nitrogen and oxygen atoms in total. The van der Waals surface area contributed by atoms with Gasteiger partial charge in [-0.2, -0.15) is 0 Å². The molecule has 0 spiro atoms. The van der Waals surface area contributed by atoms with Crippen molar-refractivity contribution < 1.29 is 4.79 Å². The topological polar surface area (TPSA) is 26.8 Å². The highest BCUT2D eigenvalue weighted by Gasteiger charge is 2.21. The number of hydrogen-bond donors (Lipinski definition) is 0. The second-order valence-electron chi connectivity index (χ2n) is 6.08. The Morgan fingerprint density at radius 3 is 2.32 bits per heavy atom. The number of nitrogens with zero attached hydrogens (tertiary/aromatic N) is 3. The summed E-state index contributed by atoms with van der Waals surface area (Å²) in [5, 5.41) is 0. The van der Waals surface area contributed by atoms with Crippen LogP contribution < -0.4 is 0 Å². The van der Waals surface area contributed by atoms with Crippen molar-refractivity contribution >= 4 is 5.91 Å². The summed E-state index contributed by atoms with van der Waals surface area (Å²) in [5.41, 5.74) is 0. The van der Waals surface area contributed by atoms with E-state index in [0.717, 1.165) is 25.6 Å². The Kier molecular flexibility index (Phi) is 5.64. The van der Waals surface area contributed by atoms with Crippen molar-refractivity contribution in [3.8, 4) is 0 Å². The highest BCUT2D eigenvalue weighted by atomic mass is 16.2. The van der Waals surface area contributed by atoms with E-state index in [1.807, 2.05) is 4.90 Å². The Bertz CT molecular complexity index is 279. The van der Waals surface area contributed by atoms with Gasteiger partial charge in [0.25, 0.3) is 0 Å². The zero-order chi connectivity index (χ0) is 13.7. The summed E-state index contributed by atoms with van der Waals surface area (Å²) >= 11 is 0. The van der Waals surface area contributed by atoms with Crippen molar-refractivity contribution in [1.29, 1.82) is 0 Å². The lowest BCUT2D eigenvalue weighted by atomic mass is 9.92. The maximum absolute atomic E-state index is 11.3. The van der Waals surface area contributed by atoms with Crippen molar-refractivity contribution in [2.24, 2.45) is 5.92 Å². The molecule has 1 radical (unpaired) electrons. The Balaban J connectivity index is 1.56. The minimum absolute atomic E-state index is 0.236. The summed E-state index contributed by atoms with van der Waals surface area (Å²) in [4.78, 5) is 18.2. The van der Waals surface area contributed by atoms with Gasteiger partial charge >= 0.3 is 0 Å². The van der Waals surface area contributed by atoms with E-state index in [1.54, 1.807) is 6.92 Å². The normalized spacial score (nSPS) is 23.8. The number of carbonyl (C=O) groups is 1. The van der Waals surface area contributed by atoms with Crippen LogP contribution in [0.4, 0.5) is 0 Å². The summed E-state index contributed by atoms with van der Waals surface area (Å²) in [6.07, 6.45) is 6.04. The maximum atomic E-state index is 11.3. The van der Waals surface area contributed by atoms with Crippen LogP contribution in [0, 0.1) is 12.3 Å². The third kappa shape index (κ3) is 4.77. The lowest BCUT2D eigenvalue weighted by molar-refractivity contribution is -0.130. The fourth-order valence-electron chi connectivity index (χ4n) is 3.01. The first-order valence-electron chi connectivity index (χ1n) is 7.63. The number of amides is 1. The summed E-state index contributed by atoms with van der Waals surface area (Å²) in [7, 11) is 2.20. The molecule has 2 aliphatic rings. The van der Waals surface area contributed by atoms with Crippen LogP contribution in [-0.2, 0) is 4.79 Å². The number of rotatable bonds is 4. The Morgan fingerprint density at radius 2 is 1.74 bits per heavy atom. The third-order valence-corrected chi connectivity index (χ3v) is 4.54. The summed E-state index contributed by atoms with van der Waals surface area (Å²) in [5.74, 6) is 1.03. The van der Waals surface area contributed by atoms with E-state index in [-0.39, 0.29) is 5.91 Å². The molecule has 2 saturated heterocycles. The molecular formula is C15H28N3O. The molecular weight excluding hydrogens is 238 g/mol. The van der Waals surface area contributed by atoms with Gasteiger partial charge < -0.3 is 14.7 Å². The van der Waals surface area contributed by atoms with Crippen LogP contribution in [0.25, 0.3) is 0 Å². The lowest BCUT2D eigenvalue weighted by Crippen LogP contribution is -2.44. The van der Waals surface area contributed by atoms with Crippen LogP contribution in [0.1, 0.15) is 26.2 Å². The fraction of sp³-hybridized carbons (Fsp3) is 0.867. The van der Waals surface area contributed by atoms with Gasteiger partial charge in [-0.3, -0.25) is 4.79 Å². The molecule has 2 aliphatic heterocycles. The predicted octanol–water partition coefficient (Wildman–Crippen LogP) is 1.09. The smallest absolute Gasteiger partial charge is 0.219 e. The van der Waals surface area contributed by atoms with E-state index in [4.69, 9.17) is 0 Å². The van der Waals surface area contributed by atoms with Gasteiger partial charge in [-0.25, -0.2) is 0 Å². The third-order valence-electron chi connectivity index (χ3n) is 4.54. The minimum Gasteiger partial charge on any atom is -0.343 e. The van der Waals surface area contributed by atoms with Crippen molar-refractivity contribution in [2.75, 3.05) is 52.9 Å². The van der Waals surface area contributed by atoms with Crippen molar-refractivity contribution in [2.45, 2.75) is 26.2 Å². The number of piperidine rings is 1. The summed E-state index contributed by atoms with van der Waals surface area (Å²) < 4.78 is 0. The molecule has 19 heavy (non-hydrogen) atoms. The van der Waals surface area contributed by atoms with Crippen LogP contribution in [0.3, 0.4) is 0 Å². The monoisotopic (exact) mass is 266 g/mol. The standard InChI is InChI=1S/C15H28N3O/c1-14(19)18-8-5-15(6-9-18)4-3-7-17-12-10-16(2)11-13-17/h3,15H,4-13H2,1-2H3. The van der Waals surface area contributed by atoms with Gasteiger partial charge in [-0.1, -0.05) is 0 Å². The molecule has 0 saturated carbocycles. The maximum Gasteiger partial charge on any atom is 0.219 e. The Morgan fingerprint density at radius 1 is 1.11 bits per heavy atom. The van der Waals surface area contributed by atoms with Crippen molar-refractivity contribution in [3.05, 3.63) is 6.42 Å². The molecule has 0 aromatic rings. The number of likely N-dealkylation sites (N-methyl/N-ethyl adjacent to an activating group) is 1. The van der Waals surface area contributed by atoms with E-state index >= 15 is 0 Å². The second kappa shape index (κ2) is 7.25. The molecule has 2 fully saturated rings. The zero-order valence-corrected chi connectivity index (χ0v) is 12.5. The molecule has 1 amide bonds. The average Bonchev–Trinajstić information content (AvgIpc) is 2.41. The van der Waals surface area contributed by atoms with Crippen LogP contribution in [-0.4, -0.2) is 73.5 Å². The molecule has 0 aromatic carbocycles. The quantitative estimate of drug-likeness (QED) is 0.762. The van der Waals surface area contributed by atoms with Crippen LogP contribution in [0.15, 0.2) is 0 Å². The van der Waals surface area contributed by atoms with E-state index in [1.165, 1.54) is 45.4 Å². The largest absolute Gasteiger partial charge is 0.343 e. The first kappa shape index (κ1) is 14.8. The second-order valence-corrected chi connectivity index (χ2v) is 6.08. The van der Waals surface area contributed by atoms with Crippen LogP contribution in [0.2, 0.25) is 0 Å². The molecule has 0 N–H and O–H groups in total. The first-order valence-corrected chi connectivity index (χ1v) is 7.63. The lowest BCUT2D eigenvalue weighted by Gasteiger charge is -2.34. The van der Waals surface area contributed by atoms with E-state index < -0.39 is 0 Å². The van der Waals surface area contributed by atoms with Gasteiger partial charge in [-0.05, 0) is 38.6 Å². The highest BCUT2D eigenvalue weighted by molar-refractivity contribution is 5.73. The molecule has 109 valence electrons. The van der Waals surface area contributed by atoms with Crippen molar-refractivity contribution in [3.63, 3.8) is 0 Å². The van der Waals surface area contributed by atoms with Gasteiger partial charge in [0.15, 0.2) is 0 Å². The van der Waals surface area contributed by atoms with Crippen LogP contribution in [0.5, 0.6) is 0 Å². The predicted molar refractivity (Wildman–Crippen MR) is 77.8 cm³/mol. The Labute approximate surface area is 117 Å². The zero-order valence-electron chi connectivity index (χ0n) is 12.5. The number of carbonyl (C=O) groups excluding carboxylic acids is 1. The van der Waals surface area contributed by atoms with Gasteiger partial charge in [-0.15, -0.1) is 0 Å². The van der Waals surface area contributed by atoms with Crippen LogP contribution >= 0.6 is 0 Å². The average molecular weight is 266 g/mol. The van der Waals surface area contributed by atoms with Gasteiger partial charge in [0.05, 0.1) is 0 Å². The summed E-state index contributed by atoms with van der Waals surface area (Å²) in [6.45, 7) is 9.55. The SMILES string of the molecule is CC(=O)N1CCC(C[CH]CN2CCN(C)CC2)CC1. The number of hydrogen-bond acceptors (Lipinski definition) is 3. The summed E-state index contributed by atoms with van der Waals surface area (Å²) in [6, 6.07) is 0. The van der Waals surface area contributed by atoms with Crippen molar-refractivity contribution in [1.82, 2.24) is 14.7 Å². The molecule has 2 rings (SSSR count). The number of piperazine rings is 1. The molecule has 2 heterocycles. The van der Waals surface area contributed by atoms with E-state index in [2.05, 4.69) is 23.3 Å². The first-order chi connectivity index (χ1) is 9.15.